The van der Waals surface area contributed by atoms with Crippen LogP contribution >= 0.6 is 0 Å². The van der Waals surface area contributed by atoms with Crippen LogP contribution in [0.25, 0.3) is 0 Å². The zero-order valence-electron chi connectivity index (χ0n) is 15.4. The SMILES string of the molecule is COc1ccc(CCC(=O)N2CCC[C@@H]2Cn2nc(C)cc2C)cc1. The van der Waals surface area contributed by atoms with Gasteiger partial charge in [-0.15, -0.1) is 0 Å². The molecule has 1 saturated heterocycles. The fourth-order valence-electron chi connectivity index (χ4n) is 3.60. The number of carbonyl (C=O) groups excluding carboxylic acids is 1. The zero-order chi connectivity index (χ0) is 17.8. The lowest BCUT2D eigenvalue weighted by molar-refractivity contribution is -0.132. The number of carbonyl (C=O) groups is 1. The van der Waals surface area contributed by atoms with Gasteiger partial charge in [-0.1, -0.05) is 12.1 Å². The number of hydrogen-bond donors (Lipinski definition) is 0. The molecule has 0 N–H and O–H groups in total. The van der Waals surface area contributed by atoms with Crippen LogP contribution in [0.15, 0.2) is 30.3 Å². The highest BCUT2D eigenvalue weighted by Crippen LogP contribution is 2.21. The molecule has 5 heteroatoms. The first-order valence-corrected chi connectivity index (χ1v) is 9.00. The summed E-state index contributed by atoms with van der Waals surface area (Å²) in [4.78, 5) is 14.8. The van der Waals surface area contributed by atoms with E-state index in [1.807, 2.05) is 35.9 Å². The number of aryl methyl sites for hydroxylation is 3. The predicted octanol–water partition coefficient (Wildman–Crippen LogP) is 3.13. The molecule has 1 amide bonds. The van der Waals surface area contributed by atoms with E-state index in [0.717, 1.165) is 49.5 Å². The van der Waals surface area contributed by atoms with Crippen molar-refractivity contribution < 1.29 is 9.53 Å². The smallest absolute Gasteiger partial charge is 0.223 e. The van der Waals surface area contributed by atoms with Gasteiger partial charge in [-0.25, -0.2) is 0 Å². The minimum absolute atomic E-state index is 0.250. The van der Waals surface area contributed by atoms with Crippen molar-refractivity contribution in [1.29, 1.82) is 0 Å². The van der Waals surface area contributed by atoms with Gasteiger partial charge < -0.3 is 9.64 Å². The molecular weight excluding hydrogens is 314 g/mol. The van der Waals surface area contributed by atoms with Gasteiger partial charge in [0, 0.05) is 18.7 Å². The van der Waals surface area contributed by atoms with Crippen LogP contribution in [0.5, 0.6) is 5.75 Å². The number of methoxy groups -OCH3 is 1. The summed E-state index contributed by atoms with van der Waals surface area (Å²) >= 11 is 0. The number of amides is 1. The number of hydrogen-bond acceptors (Lipinski definition) is 3. The van der Waals surface area contributed by atoms with E-state index in [1.54, 1.807) is 7.11 Å². The third-order valence-electron chi connectivity index (χ3n) is 4.97. The summed E-state index contributed by atoms with van der Waals surface area (Å²) in [6, 6.07) is 10.3. The van der Waals surface area contributed by atoms with Crippen molar-refractivity contribution in [2.75, 3.05) is 13.7 Å². The van der Waals surface area contributed by atoms with Gasteiger partial charge in [-0.05, 0) is 56.9 Å². The number of nitrogens with zero attached hydrogens (tertiary/aromatic N) is 3. The molecule has 0 aliphatic carbocycles. The average molecular weight is 341 g/mol. The summed E-state index contributed by atoms with van der Waals surface area (Å²) in [5.74, 6) is 1.10. The van der Waals surface area contributed by atoms with Gasteiger partial charge in [0.25, 0.3) is 0 Å². The highest BCUT2D eigenvalue weighted by Gasteiger charge is 2.29. The Morgan fingerprint density at radius 2 is 2.04 bits per heavy atom. The molecule has 3 rings (SSSR count). The van der Waals surface area contributed by atoms with Crippen LogP contribution in [0.4, 0.5) is 0 Å². The third-order valence-corrected chi connectivity index (χ3v) is 4.97. The zero-order valence-corrected chi connectivity index (χ0v) is 15.4. The molecule has 1 aromatic heterocycles. The van der Waals surface area contributed by atoms with Crippen molar-refractivity contribution in [2.24, 2.45) is 0 Å². The van der Waals surface area contributed by atoms with Gasteiger partial charge in [0.2, 0.25) is 5.91 Å². The van der Waals surface area contributed by atoms with E-state index in [4.69, 9.17) is 4.74 Å². The van der Waals surface area contributed by atoms with Gasteiger partial charge >= 0.3 is 0 Å². The molecule has 5 nitrogen and oxygen atoms in total. The molecule has 1 aliphatic heterocycles. The lowest BCUT2D eigenvalue weighted by atomic mass is 10.1. The first kappa shape index (κ1) is 17.5. The number of aromatic nitrogens is 2. The van der Waals surface area contributed by atoms with Gasteiger partial charge in [0.1, 0.15) is 5.75 Å². The summed E-state index contributed by atoms with van der Waals surface area (Å²) in [5.41, 5.74) is 3.37. The molecule has 0 radical (unpaired) electrons. The second-order valence-electron chi connectivity index (χ2n) is 6.84. The molecule has 1 aromatic carbocycles. The Kier molecular flexibility index (Phi) is 5.41. The lowest BCUT2D eigenvalue weighted by Gasteiger charge is -2.25. The second-order valence-corrected chi connectivity index (χ2v) is 6.84. The monoisotopic (exact) mass is 341 g/mol. The topological polar surface area (TPSA) is 47.4 Å². The lowest BCUT2D eigenvalue weighted by Crippen LogP contribution is -2.38. The first-order chi connectivity index (χ1) is 12.1. The molecule has 1 atom stereocenters. The number of likely N-dealkylation sites (tertiary alicyclic amines) is 1. The fraction of sp³-hybridized carbons (Fsp3) is 0.500. The molecule has 2 aromatic rings. The van der Waals surface area contributed by atoms with Crippen molar-refractivity contribution in [3.63, 3.8) is 0 Å². The molecular formula is C20H27N3O2. The minimum Gasteiger partial charge on any atom is -0.497 e. The molecule has 25 heavy (non-hydrogen) atoms. The van der Waals surface area contributed by atoms with Gasteiger partial charge in [0.15, 0.2) is 0 Å². The van der Waals surface area contributed by atoms with Crippen LogP contribution in [0.1, 0.15) is 36.2 Å². The Morgan fingerprint density at radius 3 is 2.68 bits per heavy atom. The van der Waals surface area contributed by atoms with Crippen LogP contribution in [0.3, 0.4) is 0 Å². The summed E-state index contributed by atoms with van der Waals surface area (Å²) in [6.45, 7) is 5.75. The number of ether oxygens (including phenoxy) is 1. The van der Waals surface area contributed by atoms with Gasteiger partial charge in [-0.3, -0.25) is 9.48 Å². The van der Waals surface area contributed by atoms with Crippen molar-refractivity contribution in [3.8, 4) is 5.75 Å². The van der Waals surface area contributed by atoms with Crippen molar-refractivity contribution in [2.45, 2.75) is 52.1 Å². The quantitative estimate of drug-likeness (QED) is 0.811. The predicted molar refractivity (Wildman–Crippen MR) is 97.8 cm³/mol. The van der Waals surface area contributed by atoms with Crippen LogP contribution in [-0.2, 0) is 17.8 Å². The number of rotatable bonds is 6. The Bertz CT molecular complexity index is 721. The first-order valence-electron chi connectivity index (χ1n) is 9.00. The van der Waals surface area contributed by atoms with E-state index in [0.29, 0.717) is 6.42 Å². The standard InChI is InChI=1S/C20H27N3O2/c1-15-13-16(2)23(21-15)14-18-5-4-12-22(18)20(24)11-8-17-6-9-19(25-3)10-7-17/h6-7,9-10,13,18H,4-5,8,11-12,14H2,1-3H3/t18-/m1/s1. The van der Waals surface area contributed by atoms with Crippen molar-refractivity contribution in [3.05, 3.63) is 47.3 Å². The Balaban J connectivity index is 1.57. The largest absolute Gasteiger partial charge is 0.497 e. The highest BCUT2D eigenvalue weighted by molar-refractivity contribution is 5.77. The van der Waals surface area contributed by atoms with Crippen LogP contribution in [0.2, 0.25) is 0 Å². The molecule has 134 valence electrons. The Morgan fingerprint density at radius 1 is 1.28 bits per heavy atom. The van der Waals surface area contributed by atoms with Crippen molar-refractivity contribution >= 4 is 5.91 Å². The summed E-state index contributed by atoms with van der Waals surface area (Å²) in [7, 11) is 1.66. The van der Waals surface area contributed by atoms with Crippen molar-refractivity contribution in [1.82, 2.24) is 14.7 Å². The molecule has 0 saturated carbocycles. The summed E-state index contributed by atoms with van der Waals surface area (Å²) < 4.78 is 7.21. The third kappa shape index (κ3) is 4.21. The van der Waals surface area contributed by atoms with E-state index in [9.17, 15) is 4.79 Å². The van der Waals surface area contributed by atoms with Gasteiger partial charge in [0.05, 0.1) is 25.4 Å². The van der Waals surface area contributed by atoms with E-state index >= 15 is 0 Å². The molecule has 1 fully saturated rings. The van der Waals surface area contributed by atoms with E-state index in [1.165, 1.54) is 5.56 Å². The summed E-state index contributed by atoms with van der Waals surface area (Å²) in [5, 5.41) is 4.54. The number of benzene rings is 1. The Hall–Kier alpha value is -2.30. The molecule has 0 bridgehead atoms. The molecule has 0 unspecified atom stereocenters. The maximum atomic E-state index is 12.7. The summed E-state index contributed by atoms with van der Waals surface area (Å²) in [6.07, 6.45) is 3.47. The average Bonchev–Trinajstić information content (AvgIpc) is 3.19. The normalized spacial score (nSPS) is 17.1. The maximum absolute atomic E-state index is 12.7. The van der Waals surface area contributed by atoms with Crippen LogP contribution in [-0.4, -0.2) is 40.3 Å². The highest BCUT2D eigenvalue weighted by atomic mass is 16.5. The molecule has 1 aliphatic rings. The molecule has 0 spiro atoms. The minimum atomic E-state index is 0.250. The molecule has 2 heterocycles. The maximum Gasteiger partial charge on any atom is 0.223 e. The van der Waals surface area contributed by atoms with Crippen LogP contribution < -0.4 is 4.74 Å². The van der Waals surface area contributed by atoms with E-state index in [-0.39, 0.29) is 11.9 Å². The van der Waals surface area contributed by atoms with E-state index in [2.05, 4.69) is 23.0 Å². The van der Waals surface area contributed by atoms with Gasteiger partial charge in [-0.2, -0.15) is 5.10 Å². The second kappa shape index (κ2) is 7.72. The van der Waals surface area contributed by atoms with E-state index < -0.39 is 0 Å². The van der Waals surface area contributed by atoms with Crippen LogP contribution in [0, 0.1) is 13.8 Å². The fourth-order valence-corrected chi connectivity index (χ4v) is 3.60. The Labute approximate surface area is 149 Å².